The predicted octanol–water partition coefficient (Wildman–Crippen LogP) is 2.09. The number of ether oxygens (including phenoxy) is 1. The molecule has 4 rings (SSSR count). The van der Waals surface area contributed by atoms with Gasteiger partial charge < -0.3 is 14.7 Å². The molecule has 0 spiro atoms. The zero-order valence-electron chi connectivity index (χ0n) is 14.7. The summed E-state index contributed by atoms with van der Waals surface area (Å²) in [5, 5.41) is 16.0. The van der Waals surface area contributed by atoms with Crippen LogP contribution >= 0.6 is 0 Å². The van der Waals surface area contributed by atoms with Crippen LogP contribution in [-0.2, 0) is 4.79 Å². The van der Waals surface area contributed by atoms with Gasteiger partial charge in [-0.3, -0.25) is 14.7 Å². The molecule has 2 aliphatic heterocycles. The van der Waals surface area contributed by atoms with Crippen molar-refractivity contribution in [3.63, 3.8) is 0 Å². The second-order valence-corrected chi connectivity index (χ2v) is 6.98. The van der Waals surface area contributed by atoms with Gasteiger partial charge in [-0.1, -0.05) is 0 Å². The van der Waals surface area contributed by atoms with Gasteiger partial charge >= 0.3 is 5.97 Å². The molecule has 8 nitrogen and oxygen atoms in total. The van der Waals surface area contributed by atoms with Crippen molar-refractivity contribution in [3.05, 3.63) is 29.8 Å². The normalized spacial score (nSPS) is 24.1. The highest BCUT2D eigenvalue weighted by Crippen LogP contribution is 2.39. The number of hydrogen-bond donors (Lipinski definition) is 2. The molecule has 2 aliphatic rings. The van der Waals surface area contributed by atoms with Gasteiger partial charge in [0, 0.05) is 23.7 Å². The average Bonchev–Trinajstić information content (AvgIpc) is 3.24. The Hall–Kier alpha value is -2.97. The van der Waals surface area contributed by atoms with Crippen LogP contribution in [0.15, 0.2) is 18.3 Å². The van der Waals surface area contributed by atoms with Gasteiger partial charge in [-0.25, -0.2) is 9.37 Å². The second kappa shape index (κ2) is 6.64. The minimum absolute atomic E-state index is 0.0816. The summed E-state index contributed by atoms with van der Waals surface area (Å²) in [6.07, 6.45) is 3.58. The van der Waals surface area contributed by atoms with E-state index in [1.54, 1.807) is 4.90 Å². The Balaban J connectivity index is 1.58. The fourth-order valence-electron chi connectivity index (χ4n) is 4.15. The van der Waals surface area contributed by atoms with E-state index in [9.17, 15) is 19.1 Å². The average molecular weight is 374 g/mol. The van der Waals surface area contributed by atoms with Crippen LogP contribution in [0.4, 0.5) is 4.39 Å². The van der Waals surface area contributed by atoms with Crippen molar-refractivity contribution in [1.29, 1.82) is 0 Å². The summed E-state index contributed by atoms with van der Waals surface area (Å²) in [7, 11) is 1.43. The van der Waals surface area contributed by atoms with Gasteiger partial charge in [0.05, 0.1) is 24.9 Å². The minimum Gasteiger partial charge on any atom is -0.481 e. The standard InChI is InChI=1S/C18H19FN4O4/c1-27-16-6-12(13(19)8-20-16)14-7-15(22-21-14)17(24)23-10-2-3-11(23)5-9(4-10)18(25)26/h6-11H,2-5H2,1H3,(H,21,22)(H,25,26). The first-order chi connectivity index (χ1) is 13.0. The summed E-state index contributed by atoms with van der Waals surface area (Å²) in [5.41, 5.74) is 0.722. The van der Waals surface area contributed by atoms with Crippen molar-refractivity contribution < 1.29 is 23.8 Å². The molecule has 0 aromatic carbocycles. The van der Waals surface area contributed by atoms with E-state index < -0.39 is 17.7 Å². The number of carboxylic acid groups (broad SMARTS) is 1. The first-order valence-corrected chi connectivity index (χ1v) is 8.78. The van der Waals surface area contributed by atoms with Crippen molar-refractivity contribution in [1.82, 2.24) is 20.1 Å². The molecule has 4 heterocycles. The number of methoxy groups -OCH3 is 1. The molecule has 0 saturated carbocycles. The predicted molar refractivity (Wildman–Crippen MR) is 91.7 cm³/mol. The van der Waals surface area contributed by atoms with E-state index in [4.69, 9.17) is 4.74 Å². The van der Waals surface area contributed by atoms with E-state index in [1.807, 2.05) is 0 Å². The van der Waals surface area contributed by atoms with Crippen molar-refractivity contribution >= 4 is 11.9 Å². The number of nitrogens with one attached hydrogen (secondary N) is 1. The highest BCUT2D eigenvalue weighted by Gasteiger charge is 2.45. The van der Waals surface area contributed by atoms with Crippen LogP contribution in [0.1, 0.15) is 36.2 Å². The van der Waals surface area contributed by atoms with E-state index in [0.29, 0.717) is 12.8 Å². The maximum Gasteiger partial charge on any atom is 0.306 e. The first-order valence-electron chi connectivity index (χ1n) is 8.78. The number of nitrogens with zero attached hydrogens (tertiary/aromatic N) is 3. The van der Waals surface area contributed by atoms with Gasteiger partial charge in [0.1, 0.15) is 5.69 Å². The fraction of sp³-hybridized carbons (Fsp3) is 0.444. The summed E-state index contributed by atoms with van der Waals surface area (Å²) in [5.74, 6) is -1.75. The van der Waals surface area contributed by atoms with Crippen LogP contribution in [-0.4, -0.2) is 56.3 Å². The van der Waals surface area contributed by atoms with Crippen molar-refractivity contribution in [2.24, 2.45) is 5.92 Å². The molecular formula is C18H19FN4O4. The number of rotatable bonds is 4. The van der Waals surface area contributed by atoms with E-state index in [-0.39, 0.29) is 40.8 Å². The molecule has 142 valence electrons. The number of aromatic nitrogens is 3. The Morgan fingerprint density at radius 1 is 1.30 bits per heavy atom. The van der Waals surface area contributed by atoms with E-state index in [0.717, 1.165) is 19.0 Å². The van der Waals surface area contributed by atoms with Crippen LogP contribution in [0.25, 0.3) is 11.3 Å². The van der Waals surface area contributed by atoms with Crippen LogP contribution in [0, 0.1) is 11.7 Å². The molecule has 2 atom stereocenters. The third-order valence-corrected chi connectivity index (χ3v) is 5.44. The molecule has 9 heteroatoms. The van der Waals surface area contributed by atoms with Gasteiger partial charge in [-0.15, -0.1) is 0 Å². The lowest BCUT2D eigenvalue weighted by Gasteiger charge is -2.37. The first kappa shape index (κ1) is 17.4. The summed E-state index contributed by atoms with van der Waals surface area (Å²) in [6.45, 7) is 0. The largest absolute Gasteiger partial charge is 0.481 e. The lowest BCUT2D eigenvalue weighted by molar-refractivity contribution is -0.144. The summed E-state index contributed by atoms with van der Waals surface area (Å²) in [4.78, 5) is 29.8. The van der Waals surface area contributed by atoms with E-state index >= 15 is 0 Å². The van der Waals surface area contributed by atoms with Gasteiger partial charge in [-0.2, -0.15) is 5.10 Å². The fourth-order valence-corrected chi connectivity index (χ4v) is 4.15. The molecule has 1 amide bonds. The molecule has 0 aliphatic carbocycles. The minimum atomic E-state index is -0.801. The summed E-state index contributed by atoms with van der Waals surface area (Å²) in [6, 6.07) is 2.76. The third kappa shape index (κ3) is 3.02. The number of aliphatic carboxylic acids is 1. The molecular weight excluding hydrogens is 355 g/mol. The smallest absolute Gasteiger partial charge is 0.306 e. The number of carbonyl (C=O) groups excluding carboxylic acids is 1. The van der Waals surface area contributed by atoms with Crippen LogP contribution < -0.4 is 4.74 Å². The van der Waals surface area contributed by atoms with E-state index in [1.165, 1.54) is 19.2 Å². The van der Waals surface area contributed by atoms with Gasteiger partial charge in [-0.05, 0) is 31.7 Å². The maximum atomic E-state index is 14.1. The number of carbonyl (C=O) groups is 2. The Morgan fingerprint density at radius 3 is 2.63 bits per heavy atom. The third-order valence-electron chi connectivity index (χ3n) is 5.44. The topological polar surface area (TPSA) is 108 Å². The Bertz CT molecular complexity index is 885. The molecule has 0 radical (unpaired) electrons. The van der Waals surface area contributed by atoms with Gasteiger partial charge in [0.25, 0.3) is 5.91 Å². The number of piperidine rings is 1. The van der Waals surface area contributed by atoms with Gasteiger partial charge in [0.15, 0.2) is 5.82 Å². The molecule has 2 aromatic heterocycles. The number of carboxylic acids is 1. The molecule has 2 fully saturated rings. The van der Waals surface area contributed by atoms with Crippen LogP contribution in [0.3, 0.4) is 0 Å². The number of halogens is 1. The van der Waals surface area contributed by atoms with Crippen molar-refractivity contribution in [3.8, 4) is 17.1 Å². The molecule has 2 saturated heterocycles. The molecule has 2 N–H and O–H groups in total. The lowest BCUT2D eigenvalue weighted by atomic mass is 9.90. The SMILES string of the molecule is COc1cc(-c2cc(C(=O)N3C4CCC3CC(C(=O)O)C4)[nH]n2)c(F)cn1. The quantitative estimate of drug-likeness (QED) is 0.848. The Labute approximate surface area is 154 Å². The molecule has 27 heavy (non-hydrogen) atoms. The number of amides is 1. The highest BCUT2D eigenvalue weighted by atomic mass is 19.1. The van der Waals surface area contributed by atoms with E-state index in [2.05, 4.69) is 15.2 Å². The zero-order chi connectivity index (χ0) is 19.1. The summed E-state index contributed by atoms with van der Waals surface area (Å²) >= 11 is 0. The second-order valence-electron chi connectivity index (χ2n) is 6.98. The number of fused-ring (bicyclic) bond motifs is 2. The molecule has 2 unspecified atom stereocenters. The van der Waals surface area contributed by atoms with Crippen molar-refractivity contribution in [2.75, 3.05) is 7.11 Å². The summed E-state index contributed by atoms with van der Waals surface area (Å²) < 4.78 is 19.1. The number of hydrogen-bond acceptors (Lipinski definition) is 5. The Morgan fingerprint density at radius 2 is 2.00 bits per heavy atom. The van der Waals surface area contributed by atoms with Crippen LogP contribution in [0.5, 0.6) is 5.88 Å². The highest BCUT2D eigenvalue weighted by molar-refractivity contribution is 5.94. The number of H-pyrrole nitrogens is 1. The van der Waals surface area contributed by atoms with Crippen molar-refractivity contribution in [2.45, 2.75) is 37.8 Å². The zero-order valence-corrected chi connectivity index (χ0v) is 14.7. The Kier molecular flexibility index (Phi) is 4.29. The van der Waals surface area contributed by atoms with Gasteiger partial charge in [0.2, 0.25) is 5.88 Å². The lowest BCUT2D eigenvalue weighted by Crippen LogP contribution is -2.48. The number of pyridine rings is 1. The molecule has 2 bridgehead atoms. The monoisotopic (exact) mass is 374 g/mol. The maximum absolute atomic E-state index is 14.1. The number of aromatic amines is 1. The molecule has 2 aromatic rings. The van der Waals surface area contributed by atoms with Crippen LogP contribution in [0.2, 0.25) is 0 Å².